The third kappa shape index (κ3) is 2.68. The summed E-state index contributed by atoms with van der Waals surface area (Å²) in [5.41, 5.74) is 0. The van der Waals surface area contributed by atoms with Crippen LogP contribution in [0.25, 0.3) is 0 Å². The van der Waals surface area contributed by atoms with Gasteiger partial charge in [-0.3, -0.25) is 4.57 Å². The highest BCUT2D eigenvalue weighted by Gasteiger charge is 2.61. The zero-order valence-electron chi connectivity index (χ0n) is 8.48. The van der Waals surface area contributed by atoms with Crippen molar-refractivity contribution < 1.29 is 43.6 Å². The molecule has 0 aliphatic heterocycles. The number of ether oxygens (including phenoxy) is 2. The van der Waals surface area contributed by atoms with Gasteiger partial charge in [-0.05, 0) is 12.8 Å². The van der Waals surface area contributed by atoms with Crippen LogP contribution in [0.1, 0.15) is 19.3 Å². The molecule has 0 aromatic rings. The molecule has 0 heterocycles. The summed E-state index contributed by atoms with van der Waals surface area (Å²) in [7, 11) is -5.00. The first-order valence-electron chi connectivity index (χ1n) is 4.56. The second-order valence-electron chi connectivity index (χ2n) is 3.52. The molecule has 0 amide bonds. The Morgan fingerprint density at radius 1 is 1.24 bits per heavy atom. The molecule has 98 valence electrons. The Kier molecular flexibility index (Phi) is 3.65. The summed E-state index contributed by atoms with van der Waals surface area (Å²) in [5.74, 6) is 0. The molecule has 4 N–H and O–H groups in total. The van der Waals surface area contributed by atoms with E-state index in [1.165, 1.54) is 0 Å². The van der Waals surface area contributed by atoms with E-state index >= 15 is 0 Å². The Balaban J connectivity index is 3.08. The first-order valence-corrected chi connectivity index (χ1v) is 6.17. The van der Waals surface area contributed by atoms with E-state index in [2.05, 4.69) is 9.47 Å². The lowest BCUT2D eigenvalue weighted by molar-refractivity contribution is -0.0581. The molecular weight excluding hydrogens is 259 g/mol. The summed E-state index contributed by atoms with van der Waals surface area (Å²) in [5, 5.41) is 14.5. The molecule has 0 bridgehead atoms. The summed E-state index contributed by atoms with van der Waals surface area (Å²) in [6.45, 7) is 0. The Labute approximate surface area is 95.1 Å². The van der Waals surface area contributed by atoms with Crippen molar-refractivity contribution in [1.82, 2.24) is 0 Å². The van der Waals surface area contributed by atoms with Gasteiger partial charge in [0.25, 0.3) is 5.34 Å². The minimum absolute atomic E-state index is 0.00924. The van der Waals surface area contributed by atoms with E-state index < -0.39 is 31.4 Å². The van der Waals surface area contributed by atoms with Gasteiger partial charge in [-0.2, -0.15) is 0 Å². The maximum atomic E-state index is 11.3. The molecule has 1 aliphatic rings. The van der Waals surface area contributed by atoms with E-state index in [1.807, 2.05) is 0 Å². The minimum atomic E-state index is -5.00. The summed E-state index contributed by atoms with van der Waals surface area (Å²) >= 11 is 0. The van der Waals surface area contributed by atoms with Crippen molar-refractivity contribution >= 4 is 19.9 Å². The number of rotatable bonds is 3. The van der Waals surface area contributed by atoms with Crippen LogP contribution in [0.5, 0.6) is 0 Å². The van der Waals surface area contributed by atoms with Gasteiger partial charge in [0.05, 0.1) is 0 Å². The maximum Gasteiger partial charge on any atom is 0.507 e. The smallest absolute Gasteiger partial charge is 0.450 e. The average Bonchev–Trinajstić information content (AvgIpc) is 2.46. The van der Waals surface area contributed by atoms with Gasteiger partial charge >= 0.3 is 19.9 Å². The van der Waals surface area contributed by atoms with Crippen molar-refractivity contribution in [2.45, 2.75) is 30.7 Å². The molecule has 2 unspecified atom stereocenters. The monoisotopic (exact) mass is 270 g/mol. The molecule has 2 atom stereocenters. The van der Waals surface area contributed by atoms with E-state index in [0.29, 0.717) is 0 Å². The van der Waals surface area contributed by atoms with Gasteiger partial charge in [0, 0.05) is 6.42 Å². The lowest BCUT2D eigenvalue weighted by Crippen LogP contribution is -2.44. The molecule has 1 aliphatic carbocycles. The molecular formula is C7H11O9P. The molecule has 0 aromatic heterocycles. The summed E-state index contributed by atoms with van der Waals surface area (Å²) in [6.07, 6.45) is -5.25. The third-order valence-electron chi connectivity index (χ3n) is 2.50. The Bertz CT molecular complexity index is 374. The van der Waals surface area contributed by atoms with Crippen LogP contribution in [0.3, 0.4) is 0 Å². The van der Waals surface area contributed by atoms with Crippen LogP contribution >= 0.6 is 7.60 Å². The number of hydrogen-bond donors (Lipinski definition) is 4. The molecule has 1 fully saturated rings. The van der Waals surface area contributed by atoms with Crippen LogP contribution in [0.2, 0.25) is 0 Å². The highest BCUT2D eigenvalue weighted by Crippen LogP contribution is 2.60. The fraction of sp³-hybridized carbons (Fsp3) is 0.714. The van der Waals surface area contributed by atoms with Crippen molar-refractivity contribution in [3.8, 4) is 0 Å². The zero-order valence-corrected chi connectivity index (χ0v) is 9.37. The summed E-state index contributed by atoms with van der Waals surface area (Å²) < 4.78 is 19.8. The average molecular weight is 270 g/mol. The quantitative estimate of drug-likeness (QED) is 0.431. The van der Waals surface area contributed by atoms with Crippen molar-refractivity contribution in [1.29, 1.82) is 0 Å². The lowest BCUT2D eigenvalue weighted by Gasteiger charge is -2.32. The normalized spacial score (nSPS) is 28.7. The standard InChI is InChI=1S/C7H11O9P/c8-5(9)15-4-2-1-3-7(4,16-6(10)11)17(12,13)14/h4H,1-3H2,(H,8,9)(H,10,11)(H2,12,13,14). The van der Waals surface area contributed by atoms with Crippen LogP contribution < -0.4 is 0 Å². The molecule has 1 rings (SSSR count). The van der Waals surface area contributed by atoms with E-state index in [1.54, 1.807) is 0 Å². The van der Waals surface area contributed by atoms with Crippen molar-refractivity contribution in [3.63, 3.8) is 0 Å². The fourth-order valence-electron chi connectivity index (χ4n) is 1.86. The number of hydrogen-bond acceptors (Lipinski definition) is 5. The second kappa shape index (κ2) is 4.52. The highest BCUT2D eigenvalue weighted by atomic mass is 31.2. The molecule has 1 saturated carbocycles. The summed E-state index contributed by atoms with van der Waals surface area (Å²) in [4.78, 5) is 39.1. The van der Waals surface area contributed by atoms with Gasteiger partial charge in [0.1, 0.15) is 0 Å². The maximum absolute atomic E-state index is 11.3. The molecule has 0 spiro atoms. The van der Waals surface area contributed by atoms with E-state index in [0.717, 1.165) is 0 Å². The zero-order chi connectivity index (χ0) is 13.3. The van der Waals surface area contributed by atoms with Crippen LogP contribution in [0.4, 0.5) is 9.59 Å². The third-order valence-corrected chi connectivity index (χ3v) is 4.09. The van der Waals surface area contributed by atoms with Gasteiger partial charge in [-0.25, -0.2) is 9.59 Å². The molecule has 0 aromatic carbocycles. The van der Waals surface area contributed by atoms with Gasteiger partial charge in [-0.1, -0.05) is 0 Å². The minimum Gasteiger partial charge on any atom is -0.450 e. The SMILES string of the molecule is O=C(O)OC1CCCC1(OC(=O)O)P(=O)(O)O. The number of carbonyl (C=O) groups is 2. The van der Waals surface area contributed by atoms with Crippen LogP contribution in [-0.4, -0.2) is 43.8 Å². The molecule has 10 heteroatoms. The van der Waals surface area contributed by atoms with Crippen molar-refractivity contribution in [2.24, 2.45) is 0 Å². The van der Waals surface area contributed by atoms with Crippen LogP contribution in [-0.2, 0) is 14.0 Å². The van der Waals surface area contributed by atoms with Gasteiger partial charge in [-0.15, -0.1) is 0 Å². The Morgan fingerprint density at radius 2 is 1.82 bits per heavy atom. The van der Waals surface area contributed by atoms with E-state index in [-0.39, 0.29) is 19.3 Å². The van der Waals surface area contributed by atoms with E-state index in [9.17, 15) is 14.2 Å². The van der Waals surface area contributed by atoms with Crippen molar-refractivity contribution in [3.05, 3.63) is 0 Å². The van der Waals surface area contributed by atoms with E-state index in [4.69, 9.17) is 20.0 Å². The summed E-state index contributed by atoms with van der Waals surface area (Å²) in [6, 6.07) is 0. The predicted molar refractivity (Wildman–Crippen MR) is 50.6 cm³/mol. The van der Waals surface area contributed by atoms with Crippen LogP contribution in [0, 0.1) is 0 Å². The largest absolute Gasteiger partial charge is 0.507 e. The van der Waals surface area contributed by atoms with Crippen LogP contribution in [0.15, 0.2) is 0 Å². The topological polar surface area (TPSA) is 151 Å². The predicted octanol–water partition coefficient (Wildman–Crippen LogP) is 0.802. The fourth-order valence-corrected chi connectivity index (χ4v) is 3.06. The van der Waals surface area contributed by atoms with Crippen molar-refractivity contribution in [2.75, 3.05) is 0 Å². The van der Waals surface area contributed by atoms with Gasteiger partial charge in [0.15, 0.2) is 6.10 Å². The molecule has 0 saturated heterocycles. The second-order valence-corrected chi connectivity index (χ2v) is 5.37. The Morgan fingerprint density at radius 3 is 2.24 bits per heavy atom. The molecule has 17 heavy (non-hydrogen) atoms. The van der Waals surface area contributed by atoms with Gasteiger partial charge < -0.3 is 29.5 Å². The Hall–Kier alpha value is -1.31. The first-order chi connectivity index (χ1) is 7.69. The lowest BCUT2D eigenvalue weighted by atomic mass is 10.2. The highest BCUT2D eigenvalue weighted by molar-refractivity contribution is 7.53. The number of carboxylic acid groups (broad SMARTS) is 2. The molecule has 0 radical (unpaired) electrons. The first kappa shape index (κ1) is 13.8. The van der Waals surface area contributed by atoms with Gasteiger partial charge in [0.2, 0.25) is 0 Å². The molecule has 9 nitrogen and oxygen atoms in total.